The number of carbonyl (C=O) groups excluding carboxylic acids is 1. The maximum atomic E-state index is 14.5. The Balaban J connectivity index is 1.33. The third-order valence-corrected chi connectivity index (χ3v) is 4.45. The zero-order valence-corrected chi connectivity index (χ0v) is 15.1. The molecule has 0 unspecified atom stereocenters. The van der Waals surface area contributed by atoms with Crippen LogP contribution in [0.5, 0.6) is 11.5 Å². The summed E-state index contributed by atoms with van der Waals surface area (Å²) in [5, 5.41) is 2.77. The van der Waals surface area contributed by atoms with Gasteiger partial charge in [-0.2, -0.15) is 0 Å². The Morgan fingerprint density at radius 3 is 2.79 bits per heavy atom. The van der Waals surface area contributed by atoms with Crippen molar-refractivity contribution in [3.63, 3.8) is 0 Å². The average Bonchev–Trinajstić information content (AvgIpc) is 3.16. The monoisotopic (exact) mass is 378 g/mol. The number of fused-ring (bicyclic) bond motifs is 1. The Morgan fingerprint density at radius 1 is 1.18 bits per heavy atom. The first-order valence-corrected chi connectivity index (χ1v) is 9.04. The molecule has 6 heteroatoms. The zero-order chi connectivity index (χ0) is 19.3. The Kier molecular flexibility index (Phi) is 5.19. The van der Waals surface area contributed by atoms with Crippen LogP contribution in [-0.2, 0) is 11.2 Å². The largest absolute Gasteiger partial charge is 0.485 e. The predicted molar refractivity (Wildman–Crippen MR) is 103 cm³/mol. The minimum absolute atomic E-state index is 0.0815. The average molecular weight is 378 g/mol. The molecule has 0 bridgehead atoms. The highest BCUT2D eigenvalue weighted by Crippen LogP contribution is 2.35. The van der Waals surface area contributed by atoms with Gasteiger partial charge in [-0.25, -0.2) is 4.39 Å². The third-order valence-electron chi connectivity index (χ3n) is 4.45. The highest BCUT2D eigenvalue weighted by Gasteiger charge is 2.27. The fourth-order valence-corrected chi connectivity index (χ4v) is 3.13. The van der Waals surface area contributed by atoms with Gasteiger partial charge >= 0.3 is 0 Å². The molecule has 0 saturated carbocycles. The van der Waals surface area contributed by atoms with Crippen molar-refractivity contribution < 1.29 is 18.7 Å². The van der Waals surface area contributed by atoms with Crippen LogP contribution in [0, 0.1) is 5.82 Å². The molecule has 142 valence electrons. The molecule has 1 aliphatic heterocycles. The van der Waals surface area contributed by atoms with E-state index in [1.807, 2.05) is 42.5 Å². The van der Waals surface area contributed by atoms with E-state index in [4.69, 9.17) is 9.47 Å². The molecule has 3 aromatic rings. The molecule has 0 aliphatic carbocycles. The van der Waals surface area contributed by atoms with Crippen molar-refractivity contribution in [2.45, 2.75) is 12.5 Å². The molecule has 1 atom stereocenters. The van der Waals surface area contributed by atoms with E-state index in [9.17, 15) is 9.18 Å². The molecular formula is C22H19FN2O3. The van der Waals surface area contributed by atoms with Crippen molar-refractivity contribution in [1.82, 2.24) is 10.3 Å². The second-order valence-corrected chi connectivity index (χ2v) is 6.51. The van der Waals surface area contributed by atoms with Crippen molar-refractivity contribution in [3.05, 3.63) is 78.2 Å². The van der Waals surface area contributed by atoms with E-state index in [0.717, 1.165) is 5.56 Å². The van der Waals surface area contributed by atoms with Crippen molar-refractivity contribution in [2.24, 2.45) is 0 Å². The minimum Gasteiger partial charge on any atom is -0.485 e. The fraction of sp³-hybridized carbons (Fsp3) is 0.182. The lowest BCUT2D eigenvalue weighted by molar-refractivity contribution is -0.123. The highest BCUT2D eigenvalue weighted by molar-refractivity contribution is 5.77. The van der Waals surface area contributed by atoms with Crippen LogP contribution >= 0.6 is 0 Å². The van der Waals surface area contributed by atoms with Crippen molar-refractivity contribution in [1.29, 1.82) is 0 Å². The summed E-state index contributed by atoms with van der Waals surface area (Å²) in [6.07, 6.45) is 1.88. The maximum Gasteiger partial charge on any atom is 0.258 e. The first kappa shape index (κ1) is 18.0. The molecule has 0 saturated heterocycles. The standard InChI is InChI=1S/C22H19FN2O3/c23-19-12-15(20-8-4-5-9-24-20)10-16-11-18(28-22(16)19)13-25-21(26)14-27-17-6-2-1-3-7-17/h1-10,12,18H,11,13-14H2,(H,25,26)/t18-/m0/s1. The van der Waals surface area contributed by atoms with Crippen LogP contribution in [0.1, 0.15) is 5.56 Å². The zero-order valence-electron chi connectivity index (χ0n) is 15.1. The minimum atomic E-state index is -0.417. The number of hydrogen-bond donors (Lipinski definition) is 1. The second kappa shape index (κ2) is 8.08. The van der Waals surface area contributed by atoms with Gasteiger partial charge in [0.05, 0.1) is 12.2 Å². The number of ether oxygens (including phenoxy) is 2. The quantitative estimate of drug-likeness (QED) is 0.714. The Morgan fingerprint density at radius 2 is 2.00 bits per heavy atom. The third kappa shape index (κ3) is 4.11. The number of pyridine rings is 1. The van der Waals surface area contributed by atoms with Gasteiger partial charge in [0.1, 0.15) is 11.9 Å². The molecule has 4 rings (SSSR count). The lowest BCUT2D eigenvalue weighted by Crippen LogP contribution is -2.37. The van der Waals surface area contributed by atoms with Gasteiger partial charge in [-0.15, -0.1) is 0 Å². The predicted octanol–water partition coefficient (Wildman–Crippen LogP) is 3.39. The van der Waals surface area contributed by atoms with Gasteiger partial charge in [0.15, 0.2) is 18.2 Å². The summed E-state index contributed by atoms with van der Waals surface area (Å²) < 4.78 is 25.6. The number of nitrogens with one attached hydrogen (secondary N) is 1. The van der Waals surface area contributed by atoms with Gasteiger partial charge in [0.2, 0.25) is 0 Å². The molecular weight excluding hydrogens is 359 g/mol. The Hall–Kier alpha value is -3.41. The van der Waals surface area contributed by atoms with Crippen LogP contribution in [0.3, 0.4) is 0 Å². The molecule has 0 fully saturated rings. The van der Waals surface area contributed by atoms with Gasteiger partial charge < -0.3 is 14.8 Å². The van der Waals surface area contributed by atoms with Crippen LogP contribution < -0.4 is 14.8 Å². The fourth-order valence-electron chi connectivity index (χ4n) is 3.13. The summed E-state index contributed by atoms with van der Waals surface area (Å²) >= 11 is 0. The van der Waals surface area contributed by atoms with Gasteiger partial charge in [0, 0.05) is 23.7 Å². The molecule has 0 radical (unpaired) electrons. The summed E-state index contributed by atoms with van der Waals surface area (Å²) in [5.41, 5.74) is 2.20. The second-order valence-electron chi connectivity index (χ2n) is 6.51. The molecule has 1 aliphatic rings. The van der Waals surface area contributed by atoms with E-state index < -0.39 is 5.82 Å². The van der Waals surface area contributed by atoms with Gasteiger partial charge in [-0.3, -0.25) is 9.78 Å². The Labute approximate surface area is 162 Å². The molecule has 1 aromatic heterocycles. The van der Waals surface area contributed by atoms with Crippen molar-refractivity contribution >= 4 is 5.91 Å². The molecule has 28 heavy (non-hydrogen) atoms. The molecule has 2 heterocycles. The number of halogens is 1. The Bertz CT molecular complexity index is 964. The van der Waals surface area contributed by atoms with Gasteiger partial charge in [0.25, 0.3) is 5.91 Å². The number of para-hydroxylation sites is 1. The van der Waals surface area contributed by atoms with Crippen LogP contribution in [0.15, 0.2) is 66.9 Å². The number of amides is 1. The maximum absolute atomic E-state index is 14.5. The number of hydrogen-bond acceptors (Lipinski definition) is 4. The van der Waals surface area contributed by atoms with Gasteiger partial charge in [-0.05, 0) is 36.4 Å². The van der Waals surface area contributed by atoms with E-state index in [0.29, 0.717) is 23.4 Å². The normalized spacial score (nSPS) is 14.8. The van der Waals surface area contributed by atoms with Crippen molar-refractivity contribution in [3.8, 4) is 22.8 Å². The highest BCUT2D eigenvalue weighted by atomic mass is 19.1. The van der Waals surface area contributed by atoms with E-state index in [1.54, 1.807) is 18.3 Å². The topological polar surface area (TPSA) is 60.5 Å². The van der Waals surface area contributed by atoms with Crippen molar-refractivity contribution in [2.75, 3.05) is 13.2 Å². The van der Waals surface area contributed by atoms with Crippen LogP contribution in [-0.4, -0.2) is 30.1 Å². The number of nitrogens with zero attached hydrogens (tertiary/aromatic N) is 1. The first-order valence-electron chi connectivity index (χ1n) is 9.04. The SMILES string of the molecule is O=C(COc1ccccc1)NC[C@@H]1Cc2cc(-c3ccccn3)cc(F)c2O1. The molecule has 0 spiro atoms. The van der Waals surface area contributed by atoms with E-state index in [1.165, 1.54) is 6.07 Å². The molecule has 2 aromatic carbocycles. The van der Waals surface area contributed by atoms with E-state index >= 15 is 0 Å². The van der Waals surface area contributed by atoms with Crippen LogP contribution in [0.25, 0.3) is 11.3 Å². The van der Waals surface area contributed by atoms with Gasteiger partial charge in [-0.1, -0.05) is 24.3 Å². The number of aromatic nitrogens is 1. The number of carbonyl (C=O) groups is 1. The summed E-state index contributed by atoms with van der Waals surface area (Å²) in [5.74, 6) is 0.211. The lowest BCUT2D eigenvalue weighted by Gasteiger charge is -2.12. The molecule has 1 amide bonds. The summed E-state index contributed by atoms with van der Waals surface area (Å²) in [6, 6.07) is 17.9. The van der Waals surface area contributed by atoms with E-state index in [2.05, 4.69) is 10.3 Å². The smallest absolute Gasteiger partial charge is 0.258 e. The molecule has 5 nitrogen and oxygen atoms in total. The first-order chi connectivity index (χ1) is 13.7. The number of rotatable bonds is 6. The lowest BCUT2D eigenvalue weighted by atomic mass is 10.0. The van der Waals surface area contributed by atoms with Crippen LogP contribution in [0.2, 0.25) is 0 Å². The summed E-state index contributed by atoms with van der Waals surface area (Å²) in [7, 11) is 0. The van der Waals surface area contributed by atoms with E-state index in [-0.39, 0.29) is 30.9 Å². The molecule has 1 N–H and O–H groups in total. The summed E-state index contributed by atoms with van der Waals surface area (Å²) in [6.45, 7) is 0.200. The van der Waals surface area contributed by atoms with Crippen LogP contribution in [0.4, 0.5) is 4.39 Å². The number of benzene rings is 2. The summed E-state index contributed by atoms with van der Waals surface area (Å²) in [4.78, 5) is 16.2.